The molecule has 0 spiro atoms. The van der Waals surface area contributed by atoms with Crippen LogP contribution in [0.2, 0.25) is 0 Å². The summed E-state index contributed by atoms with van der Waals surface area (Å²) in [5.41, 5.74) is 0. The predicted octanol–water partition coefficient (Wildman–Crippen LogP) is 0.875. The molecule has 5 atom stereocenters. The minimum Gasteiger partial charge on any atom is -0.468 e. The Morgan fingerprint density at radius 2 is 1.94 bits per heavy atom. The van der Waals surface area contributed by atoms with Crippen molar-refractivity contribution in [1.29, 1.82) is 0 Å². The molecule has 1 unspecified atom stereocenters. The first-order chi connectivity index (χ1) is 14.5. The number of carbonyl (C=O) groups is 1. The Balaban J connectivity index is 1.89. The van der Waals surface area contributed by atoms with Gasteiger partial charge in [0.25, 0.3) is 0 Å². The van der Waals surface area contributed by atoms with E-state index in [1.54, 1.807) is 20.8 Å². The summed E-state index contributed by atoms with van der Waals surface area (Å²) in [6.07, 6.45) is -3.55. The second-order valence-corrected chi connectivity index (χ2v) is 9.67. The second kappa shape index (κ2) is 9.00. The first-order valence-corrected chi connectivity index (χ1v) is 11.5. The van der Waals surface area contributed by atoms with Gasteiger partial charge in [-0.25, -0.2) is 8.42 Å². The third-order valence-electron chi connectivity index (χ3n) is 5.13. The Bertz CT molecular complexity index is 886. The number of carbonyl (C=O) groups excluding carboxylic acids is 1. The SMILES string of the molecule is CCOC(C)Oc1ccc(S(=O)(=O)N2C[C@@H]3OC(C)(C)O[C@H]3[C@H](O)[C@@H]2C(=O)OC)cc1. The fourth-order valence-corrected chi connectivity index (χ4v) is 5.45. The third kappa shape index (κ3) is 4.86. The van der Waals surface area contributed by atoms with E-state index in [2.05, 4.69) is 0 Å². The molecule has 11 heteroatoms. The number of fused-ring (bicyclic) bond motifs is 1. The number of ether oxygens (including phenoxy) is 5. The van der Waals surface area contributed by atoms with Crippen molar-refractivity contribution in [3.05, 3.63) is 24.3 Å². The number of esters is 1. The van der Waals surface area contributed by atoms with Gasteiger partial charge in [-0.1, -0.05) is 0 Å². The molecule has 3 rings (SSSR count). The molecule has 1 aromatic carbocycles. The highest BCUT2D eigenvalue weighted by Crippen LogP contribution is 2.38. The van der Waals surface area contributed by atoms with Crippen LogP contribution in [0.25, 0.3) is 0 Å². The summed E-state index contributed by atoms with van der Waals surface area (Å²) in [4.78, 5) is 12.4. The molecule has 0 aliphatic carbocycles. The van der Waals surface area contributed by atoms with Gasteiger partial charge in [0.2, 0.25) is 10.0 Å². The number of aliphatic hydroxyl groups is 1. The van der Waals surface area contributed by atoms with E-state index in [1.807, 2.05) is 6.92 Å². The highest BCUT2D eigenvalue weighted by Gasteiger charge is 2.57. The molecule has 1 N–H and O–H groups in total. The molecule has 0 radical (unpaired) electrons. The van der Waals surface area contributed by atoms with Crippen molar-refractivity contribution >= 4 is 16.0 Å². The van der Waals surface area contributed by atoms with E-state index in [9.17, 15) is 18.3 Å². The molecule has 0 amide bonds. The number of hydrogen-bond acceptors (Lipinski definition) is 9. The molecular formula is C20H29NO9S. The summed E-state index contributed by atoms with van der Waals surface area (Å²) in [6, 6.07) is 4.26. The maximum Gasteiger partial charge on any atom is 0.326 e. The molecule has 0 saturated carbocycles. The molecule has 2 aliphatic heterocycles. The largest absolute Gasteiger partial charge is 0.468 e. The molecular weight excluding hydrogens is 430 g/mol. The minimum absolute atomic E-state index is 0.0679. The van der Waals surface area contributed by atoms with Crippen LogP contribution >= 0.6 is 0 Å². The fourth-order valence-electron chi connectivity index (χ4n) is 3.85. The number of piperidine rings is 1. The molecule has 2 saturated heterocycles. The van der Waals surface area contributed by atoms with E-state index in [0.717, 1.165) is 11.4 Å². The minimum atomic E-state index is -4.18. The first kappa shape index (κ1) is 23.9. The molecule has 0 aromatic heterocycles. The van der Waals surface area contributed by atoms with Gasteiger partial charge in [-0.3, -0.25) is 4.79 Å². The molecule has 10 nitrogen and oxygen atoms in total. The molecule has 174 valence electrons. The Morgan fingerprint density at radius 3 is 2.52 bits per heavy atom. The zero-order valence-electron chi connectivity index (χ0n) is 18.2. The summed E-state index contributed by atoms with van der Waals surface area (Å²) < 4.78 is 54.8. The van der Waals surface area contributed by atoms with E-state index < -0.39 is 52.4 Å². The van der Waals surface area contributed by atoms with Crippen LogP contribution in [-0.4, -0.2) is 80.5 Å². The van der Waals surface area contributed by atoms with Crippen molar-refractivity contribution in [2.75, 3.05) is 20.3 Å². The van der Waals surface area contributed by atoms with Crippen LogP contribution in [-0.2, 0) is 33.8 Å². The zero-order chi connectivity index (χ0) is 23.0. The molecule has 31 heavy (non-hydrogen) atoms. The lowest BCUT2D eigenvalue weighted by Gasteiger charge is -2.40. The Kier molecular flexibility index (Phi) is 6.94. The molecule has 2 aliphatic rings. The van der Waals surface area contributed by atoms with Gasteiger partial charge in [0.05, 0.1) is 12.0 Å². The van der Waals surface area contributed by atoms with Gasteiger partial charge in [0.15, 0.2) is 18.1 Å². The van der Waals surface area contributed by atoms with Crippen LogP contribution in [0.5, 0.6) is 5.75 Å². The van der Waals surface area contributed by atoms with Crippen LogP contribution in [0.1, 0.15) is 27.7 Å². The van der Waals surface area contributed by atoms with Crippen LogP contribution < -0.4 is 4.74 Å². The highest BCUT2D eigenvalue weighted by molar-refractivity contribution is 7.89. The van der Waals surface area contributed by atoms with E-state index in [1.165, 1.54) is 24.3 Å². The third-order valence-corrected chi connectivity index (χ3v) is 6.99. The van der Waals surface area contributed by atoms with Gasteiger partial charge >= 0.3 is 5.97 Å². The topological polar surface area (TPSA) is 121 Å². The number of nitrogens with zero attached hydrogens (tertiary/aromatic N) is 1. The number of methoxy groups -OCH3 is 1. The summed E-state index contributed by atoms with van der Waals surface area (Å²) in [5, 5.41) is 10.8. The first-order valence-electron chi connectivity index (χ1n) is 10.0. The molecule has 2 heterocycles. The smallest absolute Gasteiger partial charge is 0.326 e. The second-order valence-electron chi connectivity index (χ2n) is 7.78. The summed E-state index contributed by atoms with van der Waals surface area (Å²) in [5.74, 6) is -1.47. The maximum atomic E-state index is 13.4. The quantitative estimate of drug-likeness (QED) is 0.468. The van der Waals surface area contributed by atoms with Gasteiger partial charge in [-0.2, -0.15) is 4.31 Å². The Morgan fingerprint density at radius 1 is 1.29 bits per heavy atom. The molecule has 1 aromatic rings. The van der Waals surface area contributed by atoms with Gasteiger partial charge in [-0.05, 0) is 52.0 Å². The van der Waals surface area contributed by atoms with Crippen molar-refractivity contribution in [2.45, 2.75) is 69.0 Å². The van der Waals surface area contributed by atoms with Crippen LogP contribution in [0, 0.1) is 0 Å². The van der Waals surface area contributed by atoms with Crippen molar-refractivity contribution in [2.24, 2.45) is 0 Å². The lowest BCUT2D eigenvalue weighted by molar-refractivity contribution is -0.164. The van der Waals surface area contributed by atoms with Crippen molar-refractivity contribution in [3.8, 4) is 5.75 Å². The Hall–Kier alpha value is -1.76. The van der Waals surface area contributed by atoms with Crippen LogP contribution in [0.4, 0.5) is 0 Å². The van der Waals surface area contributed by atoms with Crippen molar-refractivity contribution in [1.82, 2.24) is 4.31 Å². The van der Waals surface area contributed by atoms with Crippen molar-refractivity contribution < 1.29 is 42.0 Å². The summed E-state index contributed by atoms with van der Waals surface area (Å²) in [6.45, 7) is 7.19. The van der Waals surface area contributed by atoms with Crippen LogP contribution in [0.3, 0.4) is 0 Å². The molecule has 0 bridgehead atoms. The summed E-state index contributed by atoms with van der Waals surface area (Å²) >= 11 is 0. The number of rotatable bonds is 7. The average Bonchev–Trinajstić information content (AvgIpc) is 3.02. The standard InChI is InChI=1S/C20H29NO9S/c1-6-27-12(2)28-13-7-9-14(10-8-13)31(24,25)21-11-15-18(30-20(3,4)29-15)17(22)16(21)19(23)26-5/h7-10,12,15-18,22H,6,11H2,1-5H3/t12?,15-,16+,17+,18+/m0/s1. The van der Waals surface area contributed by atoms with Gasteiger partial charge in [-0.15, -0.1) is 0 Å². The fraction of sp³-hybridized carbons (Fsp3) is 0.650. The number of sulfonamides is 1. The Labute approximate surface area is 182 Å². The van der Waals surface area contributed by atoms with Crippen molar-refractivity contribution in [3.63, 3.8) is 0 Å². The summed E-state index contributed by atoms with van der Waals surface area (Å²) in [7, 11) is -3.05. The van der Waals surface area contributed by atoms with E-state index in [-0.39, 0.29) is 11.4 Å². The lowest BCUT2D eigenvalue weighted by Crippen LogP contribution is -2.64. The maximum absolute atomic E-state index is 13.4. The lowest BCUT2D eigenvalue weighted by atomic mass is 9.96. The van der Waals surface area contributed by atoms with E-state index >= 15 is 0 Å². The number of aliphatic hydroxyl groups excluding tert-OH is 1. The zero-order valence-corrected chi connectivity index (χ0v) is 19.0. The monoisotopic (exact) mass is 459 g/mol. The normalized spacial score (nSPS) is 29.2. The van der Waals surface area contributed by atoms with Gasteiger partial charge in [0.1, 0.15) is 24.1 Å². The van der Waals surface area contributed by atoms with E-state index in [4.69, 9.17) is 23.7 Å². The predicted molar refractivity (Wildman–Crippen MR) is 108 cm³/mol. The van der Waals surface area contributed by atoms with Gasteiger partial charge < -0.3 is 28.8 Å². The van der Waals surface area contributed by atoms with Gasteiger partial charge in [0, 0.05) is 13.2 Å². The van der Waals surface area contributed by atoms with E-state index in [0.29, 0.717) is 12.4 Å². The van der Waals surface area contributed by atoms with Crippen LogP contribution in [0.15, 0.2) is 29.2 Å². The number of benzene rings is 1. The average molecular weight is 460 g/mol. The number of hydrogen-bond donors (Lipinski definition) is 1. The highest BCUT2D eigenvalue weighted by atomic mass is 32.2. The molecule has 2 fully saturated rings.